The van der Waals surface area contributed by atoms with Crippen LogP contribution in [0.5, 0.6) is 0 Å². The van der Waals surface area contributed by atoms with Crippen molar-refractivity contribution >= 4 is 44.9 Å². The maximum absolute atomic E-state index is 14.8. The Labute approximate surface area is 187 Å². The summed E-state index contributed by atoms with van der Waals surface area (Å²) in [7, 11) is -3.75. The summed E-state index contributed by atoms with van der Waals surface area (Å²) in [5, 5.41) is 8.28. The van der Waals surface area contributed by atoms with Crippen LogP contribution in [0.2, 0.25) is 0 Å². The molecule has 12 heteroatoms. The van der Waals surface area contributed by atoms with Crippen LogP contribution in [-0.4, -0.2) is 69.2 Å². The fraction of sp³-hybridized carbons (Fsp3) is 0.579. The van der Waals surface area contributed by atoms with Crippen LogP contribution in [0.25, 0.3) is 0 Å². The van der Waals surface area contributed by atoms with Gasteiger partial charge in [-0.3, -0.25) is 4.90 Å². The Hall–Kier alpha value is -2.02. The number of cyclic esters (lactones) is 1. The molecule has 9 nitrogen and oxygen atoms in total. The number of thiocarbonyl (C=S) groups is 1. The van der Waals surface area contributed by atoms with Gasteiger partial charge in [0.1, 0.15) is 11.9 Å². The molecule has 0 aliphatic carbocycles. The lowest BCUT2D eigenvalue weighted by Gasteiger charge is -2.34. The molecule has 2 fully saturated rings. The number of halogens is 1. The number of hydrogen-bond donors (Lipinski definition) is 2. The first kappa shape index (κ1) is 23.6. The van der Waals surface area contributed by atoms with Gasteiger partial charge in [0.2, 0.25) is 0 Å². The summed E-state index contributed by atoms with van der Waals surface area (Å²) in [5.74, 6) is -0.245. The van der Waals surface area contributed by atoms with Crippen LogP contribution in [0.3, 0.4) is 0 Å². The van der Waals surface area contributed by atoms with Crippen LogP contribution in [-0.2, 0) is 14.9 Å². The molecule has 1 aromatic rings. The van der Waals surface area contributed by atoms with Gasteiger partial charge in [0.15, 0.2) is 0 Å². The second-order valence-electron chi connectivity index (χ2n) is 7.74. The molecule has 172 valence electrons. The molecule has 3 N–H and O–H groups in total. The van der Waals surface area contributed by atoms with Crippen molar-refractivity contribution in [1.29, 1.82) is 0 Å². The molecule has 0 spiro atoms. The van der Waals surface area contributed by atoms with E-state index >= 15 is 0 Å². The molecule has 0 radical (unpaired) electrons. The summed E-state index contributed by atoms with van der Waals surface area (Å²) in [6.07, 6.45) is 0.00389. The number of piperazine rings is 1. The molecule has 1 amide bonds. The van der Waals surface area contributed by atoms with E-state index in [0.717, 1.165) is 15.7 Å². The number of anilines is 2. The monoisotopic (exact) mass is 473 g/mol. The SMILES string of the molecule is CCC(C)C(=S)NCC1CN(c2ccc(N3CCN(S(N)(=O)=O)CC3)c(F)c2)C(=O)O1. The fourth-order valence-electron chi connectivity index (χ4n) is 3.52. The maximum atomic E-state index is 14.8. The van der Waals surface area contributed by atoms with E-state index in [9.17, 15) is 17.6 Å². The molecule has 2 aliphatic heterocycles. The first-order chi connectivity index (χ1) is 14.6. The predicted molar refractivity (Wildman–Crippen MR) is 121 cm³/mol. The summed E-state index contributed by atoms with van der Waals surface area (Å²) in [4.78, 5) is 16.2. The normalized spacial score (nSPS) is 21.2. The number of benzene rings is 1. The number of carbonyl (C=O) groups is 1. The van der Waals surface area contributed by atoms with E-state index in [1.54, 1.807) is 17.0 Å². The molecule has 0 aromatic heterocycles. The van der Waals surface area contributed by atoms with Crippen molar-refractivity contribution in [3.63, 3.8) is 0 Å². The van der Waals surface area contributed by atoms with Gasteiger partial charge < -0.3 is 15.0 Å². The van der Waals surface area contributed by atoms with Crippen molar-refractivity contribution in [2.75, 3.05) is 49.1 Å². The third-order valence-corrected chi connectivity index (χ3v) is 7.25. The third kappa shape index (κ3) is 5.62. The van der Waals surface area contributed by atoms with Crippen LogP contribution in [0, 0.1) is 11.7 Å². The zero-order chi connectivity index (χ0) is 22.8. The van der Waals surface area contributed by atoms with Crippen molar-refractivity contribution in [2.24, 2.45) is 11.1 Å². The van der Waals surface area contributed by atoms with Gasteiger partial charge in [0.25, 0.3) is 10.2 Å². The van der Waals surface area contributed by atoms with Crippen LogP contribution < -0.4 is 20.3 Å². The summed E-state index contributed by atoms with van der Waals surface area (Å²) in [5.41, 5.74) is 0.754. The molecule has 0 saturated carbocycles. The quantitative estimate of drug-likeness (QED) is 0.577. The molecule has 3 rings (SSSR count). The Bertz CT molecular complexity index is 937. The zero-order valence-corrected chi connectivity index (χ0v) is 19.2. The van der Waals surface area contributed by atoms with Gasteiger partial charge in [-0.25, -0.2) is 14.3 Å². The highest BCUT2D eigenvalue weighted by Gasteiger charge is 2.33. The first-order valence-electron chi connectivity index (χ1n) is 10.2. The number of ether oxygens (including phenoxy) is 1. The highest BCUT2D eigenvalue weighted by molar-refractivity contribution is 7.86. The van der Waals surface area contributed by atoms with Gasteiger partial charge in [-0.1, -0.05) is 26.1 Å². The molecule has 2 atom stereocenters. The lowest BCUT2D eigenvalue weighted by Crippen LogP contribution is -2.50. The summed E-state index contributed by atoms with van der Waals surface area (Å²) in [6, 6.07) is 4.54. The molecule has 2 heterocycles. The Balaban J connectivity index is 1.61. The molecule has 2 saturated heterocycles. The number of nitrogens with two attached hydrogens (primary N) is 1. The summed E-state index contributed by atoms with van der Waals surface area (Å²) in [6.45, 7) is 5.79. The van der Waals surface area contributed by atoms with Crippen molar-refractivity contribution in [3.8, 4) is 0 Å². The van der Waals surface area contributed by atoms with Gasteiger partial charge in [0.05, 0.1) is 29.5 Å². The second-order valence-corrected chi connectivity index (χ2v) is 9.72. The van der Waals surface area contributed by atoms with Gasteiger partial charge in [-0.05, 0) is 24.6 Å². The Morgan fingerprint density at radius 1 is 1.35 bits per heavy atom. The minimum Gasteiger partial charge on any atom is -0.442 e. The minimum atomic E-state index is -3.75. The number of nitrogens with one attached hydrogen (secondary N) is 1. The number of amides is 1. The maximum Gasteiger partial charge on any atom is 0.414 e. The van der Waals surface area contributed by atoms with Gasteiger partial charge in [0, 0.05) is 32.1 Å². The van der Waals surface area contributed by atoms with Crippen LogP contribution >= 0.6 is 12.2 Å². The predicted octanol–water partition coefficient (Wildman–Crippen LogP) is 1.44. The number of rotatable bonds is 7. The second kappa shape index (κ2) is 9.63. The van der Waals surface area contributed by atoms with Gasteiger partial charge in [-0.15, -0.1) is 0 Å². The third-order valence-electron chi connectivity index (χ3n) is 5.62. The van der Waals surface area contributed by atoms with E-state index in [0.29, 0.717) is 37.6 Å². The fourth-order valence-corrected chi connectivity index (χ4v) is 4.44. The van der Waals surface area contributed by atoms with Gasteiger partial charge >= 0.3 is 6.09 Å². The summed E-state index contributed by atoms with van der Waals surface area (Å²) >= 11 is 5.32. The molecule has 1 aromatic carbocycles. The van der Waals surface area contributed by atoms with E-state index in [1.807, 2.05) is 13.8 Å². The Morgan fingerprint density at radius 2 is 2.03 bits per heavy atom. The van der Waals surface area contributed by atoms with Crippen molar-refractivity contribution < 1.29 is 22.3 Å². The average Bonchev–Trinajstić information content (AvgIpc) is 3.11. The average molecular weight is 474 g/mol. The van der Waals surface area contributed by atoms with E-state index in [2.05, 4.69) is 5.32 Å². The van der Waals surface area contributed by atoms with E-state index in [4.69, 9.17) is 22.1 Å². The molecular weight excluding hydrogens is 445 g/mol. The van der Waals surface area contributed by atoms with Gasteiger partial charge in [-0.2, -0.15) is 12.7 Å². The van der Waals surface area contributed by atoms with E-state index in [1.165, 1.54) is 11.0 Å². The van der Waals surface area contributed by atoms with Crippen molar-refractivity contribution in [3.05, 3.63) is 24.0 Å². The van der Waals surface area contributed by atoms with Crippen molar-refractivity contribution in [1.82, 2.24) is 9.62 Å². The lowest BCUT2D eigenvalue weighted by atomic mass is 10.1. The number of carbonyl (C=O) groups excluding carboxylic acids is 1. The summed E-state index contributed by atoms with van der Waals surface area (Å²) < 4.78 is 44.2. The Morgan fingerprint density at radius 3 is 2.61 bits per heavy atom. The standard InChI is InChI=1S/C19H28FN5O4S2/c1-3-13(2)18(30)22-11-15-12-25(19(26)29-15)14-4-5-17(16(20)10-14)23-6-8-24(9-7-23)31(21,27)28/h4-5,10,13,15H,3,6-9,11-12H2,1-2H3,(H,22,30)(H2,21,27,28). The largest absolute Gasteiger partial charge is 0.442 e. The molecule has 31 heavy (non-hydrogen) atoms. The molecule has 2 unspecified atom stereocenters. The molecular formula is C19H28FN5O4S2. The van der Waals surface area contributed by atoms with E-state index in [-0.39, 0.29) is 25.1 Å². The topological polar surface area (TPSA) is 108 Å². The van der Waals surface area contributed by atoms with Crippen molar-refractivity contribution in [2.45, 2.75) is 26.4 Å². The van der Waals surface area contributed by atoms with E-state index < -0.39 is 22.1 Å². The molecule has 2 aliphatic rings. The number of hydrogen-bond acceptors (Lipinski definition) is 6. The zero-order valence-electron chi connectivity index (χ0n) is 17.6. The van der Waals surface area contributed by atoms with Crippen LogP contribution in [0.15, 0.2) is 18.2 Å². The van der Waals surface area contributed by atoms with Crippen LogP contribution in [0.4, 0.5) is 20.6 Å². The Kier molecular flexibility index (Phi) is 7.35. The molecule has 0 bridgehead atoms. The number of nitrogens with zero attached hydrogens (tertiary/aromatic N) is 3. The van der Waals surface area contributed by atoms with Crippen LogP contribution in [0.1, 0.15) is 20.3 Å². The first-order valence-corrected chi connectivity index (χ1v) is 12.1. The highest BCUT2D eigenvalue weighted by Crippen LogP contribution is 2.28. The lowest BCUT2D eigenvalue weighted by molar-refractivity contribution is 0.142. The smallest absolute Gasteiger partial charge is 0.414 e. The highest BCUT2D eigenvalue weighted by atomic mass is 32.2. The minimum absolute atomic E-state index is 0.186.